The molecule has 104 valence electrons. The third kappa shape index (κ3) is 3.50. The van der Waals surface area contributed by atoms with E-state index in [2.05, 4.69) is 27.8 Å². The molecule has 0 spiro atoms. The van der Waals surface area contributed by atoms with Crippen LogP contribution in [-0.4, -0.2) is 29.2 Å². The Balaban J connectivity index is 1.96. The maximum absolute atomic E-state index is 12.5. The highest BCUT2D eigenvalue weighted by molar-refractivity contribution is 5.83. The first-order valence-corrected chi connectivity index (χ1v) is 7.02. The van der Waals surface area contributed by atoms with E-state index in [-0.39, 0.29) is 11.3 Å². The summed E-state index contributed by atoms with van der Waals surface area (Å²) in [7, 11) is 0. The molecule has 2 heterocycles. The highest BCUT2D eigenvalue weighted by atomic mass is 16.2. The molecular weight excluding hydrogens is 240 g/mol. The second-order valence-corrected chi connectivity index (χ2v) is 5.21. The number of amides is 1. The minimum Gasteiger partial charge on any atom is -0.350 e. The Kier molecular flexibility index (Phi) is 4.85. The first-order valence-electron chi connectivity index (χ1n) is 7.02. The summed E-state index contributed by atoms with van der Waals surface area (Å²) in [5.74, 6) is 0.146. The lowest BCUT2D eigenvalue weighted by Crippen LogP contribution is -2.50. The largest absolute Gasteiger partial charge is 0.350 e. The quantitative estimate of drug-likeness (QED) is 0.838. The second kappa shape index (κ2) is 6.61. The molecule has 1 fully saturated rings. The van der Waals surface area contributed by atoms with Crippen molar-refractivity contribution in [1.82, 2.24) is 20.8 Å². The standard InChI is InChI=1S/C14H22N4O/c1-2-6-14(7-4-8-15-11-14)13(19)16-10-12-5-3-9-17-18-12/h3,5,9,15H,2,4,6-8,10-11H2,1H3,(H,16,19). The van der Waals surface area contributed by atoms with Crippen LogP contribution in [-0.2, 0) is 11.3 Å². The van der Waals surface area contributed by atoms with Gasteiger partial charge in [0.2, 0.25) is 5.91 Å². The van der Waals surface area contributed by atoms with Crippen molar-refractivity contribution in [3.8, 4) is 0 Å². The molecule has 0 bridgehead atoms. The van der Waals surface area contributed by atoms with Crippen LogP contribution in [0.5, 0.6) is 0 Å². The van der Waals surface area contributed by atoms with Crippen molar-refractivity contribution in [2.75, 3.05) is 13.1 Å². The lowest BCUT2D eigenvalue weighted by atomic mass is 9.76. The Labute approximate surface area is 114 Å². The molecule has 0 aromatic carbocycles. The van der Waals surface area contributed by atoms with E-state index in [1.807, 2.05) is 12.1 Å². The molecule has 1 unspecified atom stereocenters. The molecule has 2 N–H and O–H groups in total. The van der Waals surface area contributed by atoms with Crippen LogP contribution in [0.1, 0.15) is 38.3 Å². The van der Waals surface area contributed by atoms with Crippen LogP contribution in [0.3, 0.4) is 0 Å². The normalized spacial score (nSPS) is 23.0. The fraction of sp³-hybridized carbons (Fsp3) is 0.643. The smallest absolute Gasteiger partial charge is 0.227 e. The SMILES string of the molecule is CCCC1(C(=O)NCc2cccnn2)CCCNC1. The maximum atomic E-state index is 12.5. The first-order chi connectivity index (χ1) is 9.27. The Morgan fingerprint density at radius 2 is 2.47 bits per heavy atom. The van der Waals surface area contributed by atoms with E-state index in [1.54, 1.807) is 6.20 Å². The van der Waals surface area contributed by atoms with Crippen LogP contribution >= 0.6 is 0 Å². The van der Waals surface area contributed by atoms with Gasteiger partial charge in [0.25, 0.3) is 0 Å². The van der Waals surface area contributed by atoms with E-state index in [0.717, 1.165) is 44.5 Å². The molecule has 0 aliphatic carbocycles. The monoisotopic (exact) mass is 262 g/mol. The van der Waals surface area contributed by atoms with Crippen LogP contribution in [0.15, 0.2) is 18.3 Å². The van der Waals surface area contributed by atoms with Crippen molar-refractivity contribution in [1.29, 1.82) is 0 Å². The number of rotatable bonds is 5. The molecule has 0 radical (unpaired) electrons. The summed E-state index contributed by atoms with van der Waals surface area (Å²) in [4.78, 5) is 12.5. The van der Waals surface area contributed by atoms with Gasteiger partial charge in [-0.1, -0.05) is 13.3 Å². The predicted molar refractivity (Wildman–Crippen MR) is 73.3 cm³/mol. The molecule has 1 aromatic rings. The lowest BCUT2D eigenvalue weighted by Gasteiger charge is -2.36. The van der Waals surface area contributed by atoms with Crippen LogP contribution in [0, 0.1) is 5.41 Å². The van der Waals surface area contributed by atoms with E-state index in [4.69, 9.17) is 0 Å². The number of nitrogens with zero attached hydrogens (tertiary/aromatic N) is 2. The van der Waals surface area contributed by atoms with Gasteiger partial charge in [0, 0.05) is 12.7 Å². The van der Waals surface area contributed by atoms with Crippen molar-refractivity contribution in [2.45, 2.75) is 39.2 Å². The number of hydrogen-bond acceptors (Lipinski definition) is 4. The van der Waals surface area contributed by atoms with E-state index >= 15 is 0 Å². The van der Waals surface area contributed by atoms with Crippen molar-refractivity contribution in [2.24, 2.45) is 5.41 Å². The molecular formula is C14H22N4O. The molecule has 1 atom stereocenters. The van der Waals surface area contributed by atoms with Gasteiger partial charge in [-0.15, -0.1) is 0 Å². The highest BCUT2D eigenvalue weighted by Gasteiger charge is 2.38. The van der Waals surface area contributed by atoms with Crippen molar-refractivity contribution < 1.29 is 4.79 Å². The molecule has 19 heavy (non-hydrogen) atoms. The molecule has 1 saturated heterocycles. The Hall–Kier alpha value is -1.49. The van der Waals surface area contributed by atoms with Crippen LogP contribution < -0.4 is 10.6 Å². The van der Waals surface area contributed by atoms with Crippen LogP contribution in [0.2, 0.25) is 0 Å². The highest BCUT2D eigenvalue weighted by Crippen LogP contribution is 2.31. The summed E-state index contributed by atoms with van der Waals surface area (Å²) in [5.41, 5.74) is 0.557. The van der Waals surface area contributed by atoms with Crippen molar-refractivity contribution >= 4 is 5.91 Å². The Bertz CT molecular complexity index is 396. The topological polar surface area (TPSA) is 66.9 Å². The number of carbonyl (C=O) groups is 1. The molecule has 5 heteroatoms. The lowest BCUT2D eigenvalue weighted by molar-refractivity contribution is -0.132. The minimum absolute atomic E-state index is 0.146. The van der Waals surface area contributed by atoms with Gasteiger partial charge in [-0.25, -0.2) is 0 Å². The third-order valence-corrected chi connectivity index (χ3v) is 3.74. The van der Waals surface area contributed by atoms with E-state index in [9.17, 15) is 4.79 Å². The zero-order valence-electron chi connectivity index (χ0n) is 11.5. The van der Waals surface area contributed by atoms with Gasteiger partial charge >= 0.3 is 0 Å². The number of piperidine rings is 1. The van der Waals surface area contributed by atoms with Crippen molar-refractivity contribution in [3.63, 3.8) is 0 Å². The number of hydrogen-bond donors (Lipinski definition) is 2. The van der Waals surface area contributed by atoms with Gasteiger partial charge in [0.1, 0.15) is 0 Å². The Morgan fingerprint density at radius 1 is 1.58 bits per heavy atom. The minimum atomic E-state index is -0.241. The molecule has 5 nitrogen and oxygen atoms in total. The molecule has 0 saturated carbocycles. The summed E-state index contributed by atoms with van der Waals surface area (Å²) in [5, 5.41) is 14.2. The molecule has 1 aliphatic heterocycles. The zero-order chi connectivity index (χ0) is 13.6. The maximum Gasteiger partial charge on any atom is 0.227 e. The van der Waals surface area contributed by atoms with Gasteiger partial charge in [-0.3, -0.25) is 4.79 Å². The van der Waals surface area contributed by atoms with Gasteiger partial charge in [-0.05, 0) is 37.9 Å². The summed E-state index contributed by atoms with van der Waals surface area (Å²) in [6.45, 7) is 4.39. The van der Waals surface area contributed by atoms with E-state index < -0.39 is 0 Å². The second-order valence-electron chi connectivity index (χ2n) is 5.21. The van der Waals surface area contributed by atoms with E-state index in [0.29, 0.717) is 6.54 Å². The summed E-state index contributed by atoms with van der Waals surface area (Å²) in [6, 6.07) is 3.71. The van der Waals surface area contributed by atoms with Gasteiger partial charge < -0.3 is 10.6 Å². The average molecular weight is 262 g/mol. The van der Waals surface area contributed by atoms with E-state index in [1.165, 1.54) is 0 Å². The van der Waals surface area contributed by atoms with Gasteiger partial charge in [0.05, 0.1) is 17.7 Å². The summed E-state index contributed by atoms with van der Waals surface area (Å²) < 4.78 is 0. The average Bonchev–Trinajstić information content (AvgIpc) is 2.47. The summed E-state index contributed by atoms with van der Waals surface area (Å²) >= 11 is 0. The fourth-order valence-electron chi connectivity index (χ4n) is 2.75. The van der Waals surface area contributed by atoms with Crippen molar-refractivity contribution in [3.05, 3.63) is 24.0 Å². The first kappa shape index (κ1) is 13.9. The van der Waals surface area contributed by atoms with Crippen LogP contribution in [0.4, 0.5) is 0 Å². The molecule has 1 amide bonds. The summed E-state index contributed by atoms with van der Waals surface area (Å²) in [6.07, 6.45) is 5.64. The molecule has 1 aliphatic rings. The van der Waals surface area contributed by atoms with Gasteiger partial charge in [-0.2, -0.15) is 10.2 Å². The fourth-order valence-corrected chi connectivity index (χ4v) is 2.75. The van der Waals surface area contributed by atoms with Crippen LogP contribution in [0.25, 0.3) is 0 Å². The number of nitrogens with one attached hydrogen (secondary N) is 2. The Morgan fingerprint density at radius 3 is 3.11 bits per heavy atom. The molecule has 1 aromatic heterocycles. The third-order valence-electron chi connectivity index (χ3n) is 3.74. The van der Waals surface area contributed by atoms with Gasteiger partial charge in [0.15, 0.2) is 0 Å². The molecule has 2 rings (SSSR count). The number of carbonyl (C=O) groups excluding carboxylic acids is 1. The zero-order valence-corrected chi connectivity index (χ0v) is 11.5. The predicted octanol–water partition coefficient (Wildman–Crippen LogP) is 1.26. The number of aromatic nitrogens is 2.